The van der Waals surface area contributed by atoms with Crippen LogP contribution in [0.2, 0.25) is 0 Å². The molecule has 2 heteroatoms. The summed E-state index contributed by atoms with van der Waals surface area (Å²) in [6.07, 6.45) is 6.68. The van der Waals surface area contributed by atoms with Gasteiger partial charge in [-0.05, 0) is 33.1 Å². The Labute approximate surface area is 107 Å². The predicted molar refractivity (Wildman–Crippen MR) is 74.2 cm³/mol. The molecule has 17 heavy (non-hydrogen) atoms. The fourth-order valence-electron chi connectivity index (χ4n) is 2.22. The van der Waals surface area contributed by atoms with Gasteiger partial charge in [0.25, 0.3) is 0 Å². The van der Waals surface area contributed by atoms with Crippen LogP contribution >= 0.6 is 0 Å². The number of ether oxygens (including phenoxy) is 1. The third-order valence-electron chi connectivity index (χ3n) is 3.62. The van der Waals surface area contributed by atoms with Crippen LogP contribution < -0.4 is 0 Å². The quantitative estimate of drug-likeness (QED) is 0.439. The van der Waals surface area contributed by atoms with E-state index in [0.29, 0.717) is 0 Å². The van der Waals surface area contributed by atoms with Gasteiger partial charge in [-0.15, -0.1) is 0 Å². The highest BCUT2D eigenvalue weighted by Gasteiger charge is 2.29. The topological polar surface area (TPSA) is 29.5 Å². The van der Waals surface area contributed by atoms with Gasteiger partial charge < -0.3 is 9.84 Å². The number of aliphatic hydroxyl groups is 1. The van der Waals surface area contributed by atoms with E-state index in [2.05, 4.69) is 13.5 Å². The van der Waals surface area contributed by atoms with E-state index in [-0.39, 0.29) is 12.0 Å². The number of unbranched alkanes of at least 4 members (excludes halogenated alkanes) is 2. The summed E-state index contributed by atoms with van der Waals surface area (Å²) < 4.78 is 5.37. The van der Waals surface area contributed by atoms with Crippen LogP contribution in [-0.2, 0) is 4.74 Å². The Kier molecular flexibility index (Phi) is 9.47. The van der Waals surface area contributed by atoms with Crippen molar-refractivity contribution in [3.63, 3.8) is 0 Å². The van der Waals surface area contributed by atoms with Crippen LogP contribution in [0.25, 0.3) is 0 Å². The van der Waals surface area contributed by atoms with E-state index in [1.165, 1.54) is 19.3 Å². The molecule has 0 radical (unpaired) electrons. The number of rotatable bonds is 11. The van der Waals surface area contributed by atoms with Crippen LogP contribution in [0.1, 0.15) is 59.3 Å². The summed E-state index contributed by atoms with van der Waals surface area (Å²) in [6, 6.07) is 0. The summed E-state index contributed by atoms with van der Waals surface area (Å²) in [5.41, 5.74) is 1.04. The molecule has 1 unspecified atom stereocenters. The van der Waals surface area contributed by atoms with Gasteiger partial charge >= 0.3 is 0 Å². The van der Waals surface area contributed by atoms with Crippen molar-refractivity contribution in [3.8, 4) is 0 Å². The van der Waals surface area contributed by atoms with Gasteiger partial charge in [0.05, 0.1) is 6.61 Å². The highest BCUT2D eigenvalue weighted by molar-refractivity contribution is 5.07. The maximum Gasteiger partial charge on any atom is 0.0524 e. The van der Waals surface area contributed by atoms with Gasteiger partial charge in [-0.25, -0.2) is 0 Å². The molecule has 102 valence electrons. The zero-order valence-electron chi connectivity index (χ0n) is 11.9. The number of hydrogen-bond donors (Lipinski definition) is 1. The van der Waals surface area contributed by atoms with Gasteiger partial charge in [0.15, 0.2) is 0 Å². The molecule has 1 atom stereocenters. The van der Waals surface area contributed by atoms with Crippen molar-refractivity contribution in [3.05, 3.63) is 12.2 Å². The molecule has 2 nitrogen and oxygen atoms in total. The van der Waals surface area contributed by atoms with Crippen LogP contribution in [-0.4, -0.2) is 24.9 Å². The van der Waals surface area contributed by atoms with Gasteiger partial charge in [0, 0.05) is 18.6 Å². The normalized spacial score (nSPS) is 14.6. The largest absolute Gasteiger partial charge is 0.395 e. The fourth-order valence-corrected chi connectivity index (χ4v) is 2.22. The summed E-state index contributed by atoms with van der Waals surface area (Å²) in [5, 5.41) is 9.70. The third kappa shape index (κ3) is 6.23. The molecule has 0 heterocycles. The van der Waals surface area contributed by atoms with Crippen molar-refractivity contribution in [2.75, 3.05) is 19.8 Å². The second kappa shape index (κ2) is 9.67. The van der Waals surface area contributed by atoms with E-state index >= 15 is 0 Å². The van der Waals surface area contributed by atoms with Crippen LogP contribution in [0.3, 0.4) is 0 Å². The van der Waals surface area contributed by atoms with E-state index in [1.807, 2.05) is 13.8 Å². The van der Waals surface area contributed by atoms with Gasteiger partial charge in [-0.1, -0.05) is 38.3 Å². The highest BCUT2D eigenvalue weighted by Crippen LogP contribution is 2.36. The van der Waals surface area contributed by atoms with Crippen molar-refractivity contribution in [2.45, 2.75) is 59.3 Å². The second-order valence-electron chi connectivity index (χ2n) is 4.98. The lowest BCUT2D eigenvalue weighted by atomic mass is 9.74. The first-order chi connectivity index (χ1) is 8.13. The van der Waals surface area contributed by atoms with Crippen molar-refractivity contribution in [1.29, 1.82) is 0 Å². The molecule has 0 aliphatic rings. The summed E-state index contributed by atoms with van der Waals surface area (Å²) in [4.78, 5) is 0. The molecular formula is C15H30O2. The maximum absolute atomic E-state index is 9.70. The number of aliphatic hydroxyl groups excluding tert-OH is 1. The Morgan fingerprint density at radius 1 is 1.18 bits per heavy atom. The zero-order valence-corrected chi connectivity index (χ0v) is 11.9. The van der Waals surface area contributed by atoms with Crippen molar-refractivity contribution in [1.82, 2.24) is 0 Å². The summed E-state index contributed by atoms with van der Waals surface area (Å²) in [7, 11) is 0. The van der Waals surface area contributed by atoms with E-state index in [1.54, 1.807) is 0 Å². The Hall–Kier alpha value is -0.340. The third-order valence-corrected chi connectivity index (χ3v) is 3.62. The maximum atomic E-state index is 9.70. The van der Waals surface area contributed by atoms with Gasteiger partial charge in [0.2, 0.25) is 0 Å². The molecule has 0 saturated carbocycles. The van der Waals surface area contributed by atoms with Crippen molar-refractivity contribution < 1.29 is 9.84 Å². The van der Waals surface area contributed by atoms with Crippen molar-refractivity contribution >= 4 is 0 Å². The van der Waals surface area contributed by atoms with E-state index in [0.717, 1.165) is 38.0 Å². The fraction of sp³-hybridized carbons (Fsp3) is 0.867. The average molecular weight is 242 g/mol. The molecule has 0 aliphatic heterocycles. The molecule has 0 amide bonds. The SMILES string of the molecule is C=C(C)C(CO)(CCCCC)CCCOCC. The Morgan fingerprint density at radius 3 is 2.29 bits per heavy atom. The molecule has 0 saturated heterocycles. The Bertz CT molecular complexity index is 201. The molecule has 0 aromatic heterocycles. The van der Waals surface area contributed by atoms with Gasteiger partial charge in [0.1, 0.15) is 0 Å². The van der Waals surface area contributed by atoms with Crippen LogP contribution in [0.4, 0.5) is 0 Å². The molecule has 0 fully saturated rings. The molecule has 0 spiro atoms. The molecule has 0 aliphatic carbocycles. The first-order valence-corrected chi connectivity index (χ1v) is 6.97. The molecule has 1 N–H and O–H groups in total. The number of hydrogen-bond acceptors (Lipinski definition) is 2. The first kappa shape index (κ1) is 16.7. The van der Waals surface area contributed by atoms with Gasteiger partial charge in [-0.2, -0.15) is 0 Å². The summed E-state index contributed by atoms with van der Waals surface area (Å²) in [6.45, 7) is 12.1. The van der Waals surface area contributed by atoms with Crippen LogP contribution in [0.15, 0.2) is 12.2 Å². The lowest BCUT2D eigenvalue weighted by Gasteiger charge is -2.33. The summed E-state index contributed by atoms with van der Waals surface area (Å²) >= 11 is 0. The van der Waals surface area contributed by atoms with Gasteiger partial charge in [-0.3, -0.25) is 0 Å². The van der Waals surface area contributed by atoms with E-state index < -0.39 is 0 Å². The molecule has 0 aromatic carbocycles. The predicted octanol–water partition coefficient (Wildman–Crippen LogP) is 3.94. The Balaban J connectivity index is 4.22. The highest BCUT2D eigenvalue weighted by atomic mass is 16.5. The average Bonchev–Trinajstić information content (AvgIpc) is 2.32. The lowest BCUT2D eigenvalue weighted by molar-refractivity contribution is 0.102. The smallest absolute Gasteiger partial charge is 0.0524 e. The minimum atomic E-state index is -0.0771. The lowest BCUT2D eigenvalue weighted by Crippen LogP contribution is -2.27. The minimum Gasteiger partial charge on any atom is -0.395 e. The van der Waals surface area contributed by atoms with Crippen LogP contribution in [0.5, 0.6) is 0 Å². The zero-order chi connectivity index (χ0) is 13.1. The monoisotopic (exact) mass is 242 g/mol. The molecular weight excluding hydrogens is 212 g/mol. The standard InChI is InChI=1S/C15H30O2/c1-5-7-8-10-15(13-16,14(3)4)11-9-12-17-6-2/h16H,3,5-13H2,1-2,4H3. The minimum absolute atomic E-state index is 0.0771. The molecule has 0 rings (SSSR count). The first-order valence-electron chi connectivity index (χ1n) is 6.97. The second-order valence-corrected chi connectivity index (χ2v) is 4.98. The van der Waals surface area contributed by atoms with E-state index in [4.69, 9.17) is 4.74 Å². The molecule has 0 aromatic rings. The Morgan fingerprint density at radius 2 is 1.82 bits per heavy atom. The summed E-state index contributed by atoms with van der Waals surface area (Å²) in [5.74, 6) is 0. The van der Waals surface area contributed by atoms with Crippen LogP contribution in [0, 0.1) is 5.41 Å². The molecule has 0 bridgehead atoms. The van der Waals surface area contributed by atoms with Crippen molar-refractivity contribution in [2.24, 2.45) is 5.41 Å². The van der Waals surface area contributed by atoms with E-state index in [9.17, 15) is 5.11 Å².